The first-order valence-electron chi connectivity index (χ1n) is 4.39. The molecule has 3 heteroatoms. The molecule has 0 heterocycles. The van der Waals surface area contributed by atoms with Gasteiger partial charge in [-0.25, -0.2) is 0 Å². The SMILES string of the molecule is CC(C)C=N[C@H](C=O)CCCN. The minimum Gasteiger partial charge on any atom is -0.330 e. The van der Waals surface area contributed by atoms with Crippen LogP contribution in [0.4, 0.5) is 0 Å². The molecule has 12 heavy (non-hydrogen) atoms. The summed E-state index contributed by atoms with van der Waals surface area (Å²) in [6.45, 7) is 4.70. The van der Waals surface area contributed by atoms with Crippen LogP contribution in [0.5, 0.6) is 0 Å². The maximum Gasteiger partial charge on any atom is 0.144 e. The molecule has 1 atom stereocenters. The number of carbonyl (C=O) groups excluding carboxylic acids is 1. The van der Waals surface area contributed by atoms with Crippen molar-refractivity contribution in [3.05, 3.63) is 0 Å². The summed E-state index contributed by atoms with van der Waals surface area (Å²) in [5, 5.41) is 0. The zero-order chi connectivity index (χ0) is 9.40. The molecule has 0 aromatic rings. The standard InChI is InChI=1S/C9H18N2O/c1-8(2)6-11-9(7-12)4-3-5-10/h6-9H,3-5,10H2,1-2H3/t9-/m0/s1. The summed E-state index contributed by atoms with van der Waals surface area (Å²) in [4.78, 5) is 14.6. The smallest absolute Gasteiger partial charge is 0.144 e. The molecule has 0 unspecified atom stereocenters. The summed E-state index contributed by atoms with van der Waals surface area (Å²) in [5.41, 5.74) is 5.32. The summed E-state index contributed by atoms with van der Waals surface area (Å²) in [6.07, 6.45) is 4.33. The van der Waals surface area contributed by atoms with Crippen LogP contribution in [0.3, 0.4) is 0 Å². The fraction of sp³-hybridized carbons (Fsp3) is 0.778. The lowest BCUT2D eigenvalue weighted by Gasteiger charge is -2.03. The van der Waals surface area contributed by atoms with E-state index in [1.807, 2.05) is 20.1 Å². The molecule has 0 aliphatic rings. The average Bonchev–Trinajstić information content (AvgIpc) is 2.05. The normalized spacial score (nSPS) is 14.0. The van der Waals surface area contributed by atoms with Gasteiger partial charge in [-0.1, -0.05) is 13.8 Å². The molecule has 0 saturated carbocycles. The number of carbonyl (C=O) groups is 1. The molecule has 70 valence electrons. The lowest BCUT2D eigenvalue weighted by molar-refractivity contribution is -0.108. The van der Waals surface area contributed by atoms with Gasteiger partial charge in [-0.05, 0) is 25.3 Å². The van der Waals surface area contributed by atoms with Gasteiger partial charge < -0.3 is 10.5 Å². The Kier molecular flexibility index (Phi) is 6.57. The predicted octanol–water partition coefficient (Wildman–Crippen LogP) is 1.02. The van der Waals surface area contributed by atoms with Gasteiger partial charge in [0.2, 0.25) is 0 Å². The molecule has 3 nitrogen and oxygen atoms in total. The van der Waals surface area contributed by atoms with E-state index in [0.717, 1.165) is 19.1 Å². The maximum atomic E-state index is 10.5. The van der Waals surface area contributed by atoms with Crippen molar-refractivity contribution in [2.75, 3.05) is 6.54 Å². The van der Waals surface area contributed by atoms with Crippen LogP contribution < -0.4 is 5.73 Å². The topological polar surface area (TPSA) is 55.5 Å². The maximum absolute atomic E-state index is 10.5. The highest BCUT2D eigenvalue weighted by Gasteiger charge is 2.02. The van der Waals surface area contributed by atoms with Crippen LogP contribution >= 0.6 is 0 Å². The lowest BCUT2D eigenvalue weighted by Crippen LogP contribution is -2.10. The third-order valence-electron chi connectivity index (χ3n) is 1.44. The number of nitrogens with zero attached hydrogens (tertiary/aromatic N) is 1. The molecule has 0 aliphatic heterocycles. The Bertz CT molecular complexity index is 143. The Hall–Kier alpha value is -0.700. The summed E-state index contributed by atoms with van der Waals surface area (Å²) in [5.74, 6) is 0.408. The van der Waals surface area contributed by atoms with Gasteiger partial charge in [-0.2, -0.15) is 0 Å². The second kappa shape index (κ2) is 6.98. The van der Waals surface area contributed by atoms with E-state index in [9.17, 15) is 4.79 Å². The molecule has 0 amide bonds. The molecule has 0 aromatic carbocycles. The quantitative estimate of drug-likeness (QED) is 0.478. The van der Waals surface area contributed by atoms with Crippen molar-refractivity contribution in [2.45, 2.75) is 32.7 Å². The molecule has 0 spiro atoms. The molecular weight excluding hydrogens is 152 g/mol. The summed E-state index contributed by atoms with van der Waals surface area (Å²) in [7, 11) is 0. The Morgan fingerprint density at radius 3 is 2.58 bits per heavy atom. The molecule has 0 radical (unpaired) electrons. The summed E-state index contributed by atoms with van der Waals surface area (Å²) >= 11 is 0. The van der Waals surface area contributed by atoms with Gasteiger partial charge >= 0.3 is 0 Å². The number of aldehydes is 1. The van der Waals surface area contributed by atoms with Crippen molar-refractivity contribution in [1.82, 2.24) is 0 Å². The fourth-order valence-corrected chi connectivity index (χ4v) is 0.787. The number of aliphatic imine (C=N–C) groups is 1. The van der Waals surface area contributed by atoms with Crippen LogP contribution in [0.2, 0.25) is 0 Å². The van der Waals surface area contributed by atoms with Gasteiger partial charge in [0.15, 0.2) is 0 Å². The van der Waals surface area contributed by atoms with Crippen LogP contribution in [0, 0.1) is 5.92 Å². The Morgan fingerprint density at radius 2 is 2.17 bits per heavy atom. The van der Waals surface area contributed by atoms with Gasteiger partial charge in [0.25, 0.3) is 0 Å². The zero-order valence-electron chi connectivity index (χ0n) is 7.86. The van der Waals surface area contributed by atoms with Crippen LogP contribution in [-0.2, 0) is 4.79 Å². The Balaban J connectivity index is 3.74. The third-order valence-corrected chi connectivity index (χ3v) is 1.44. The van der Waals surface area contributed by atoms with Gasteiger partial charge in [0.05, 0.1) is 0 Å². The molecule has 0 aliphatic carbocycles. The Labute approximate surface area is 74.1 Å². The molecule has 0 rings (SSSR count). The van der Waals surface area contributed by atoms with E-state index in [-0.39, 0.29) is 6.04 Å². The minimum atomic E-state index is -0.184. The first-order valence-corrected chi connectivity index (χ1v) is 4.39. The lowest BCUT2D eigenvalue weighted by atomic mass is 10.2. The van der Waals surface area contributed by atoms with E-state index >= 15 is 0 Å². The highest BCUT2D eigenvalue weighted by molar-refractivity contribution is 5.66. The van der Waals surface area contributed by atoms with Gasteiger partial charge in [0.1, 0.15) is 12.3 Å². The highest BCUT2D eigenvalue weighted by atomic mass is 16.1. The van der Waals surface area contributed by atoms with Gasteiger partial charge in [-0.3, -0.25) is 4.99 Å². The van der Waals surface area contributed by atoms with Crippen molar-refractivity contribution in [3.63, 3.8) is 0 Å². The van der Waals surface area contributed by atoms with Crippen molar-refractivity contribution in [2.24, 2.45) is 16.6 Å². The van der Waals surface area contributed by atoms with E-state index in [1.54, 1.807) is 0 Å². The highest BCUT2D eigenvalue weighted by Crippen LogP contribution is 1.98. The first kappa shape index (κ1) is 11.3. The largest absolute Gasteiger partial charge is 0.330 e. The van der Waals surface area contributed by atoms with Crippen LogP contribution in [0.15, 0.2) is 4.99 Å². The monoisotopic (exact) mass is 170 g/mol. The van der Waals surface area contributed by atoms with Crippen LogP contribution in [-0.4, -0.2) is 25.1 Å². The number of rotatable bonds is 6. The zero-order valence-corrected chi connectivity index (χ0v) is 7.86. The first-order chi connectivity index (χ1) is 5.70. The molecule has 2 N–H and O–H groups in total. The van der Waals surface area contributed by atoms with Gasteiger partial charge in [0, 0.05) is 6.21 Å². The molecule has 0 saturated heterocycles. The predicted molar refractivity (Wildman–Crippen MR) is 51.5 cm³/mol. The summed E-state index contributed by atoms with van der Waals surface area (Å²) < 4.78 is 0. The van der Waals surface area contributed by atoms with Crippen molar-refractivity contribution >= 4 is 12.5 Å². The second-order valence-corrected chi connectivity index (χ2v) is 3.18. The van der Waals surface area contributed by atoms with E-state index in [1.165, 1.54) is 0 Å². The molecular formula is C9H18N2O. The third kappa shape index (κ3) is 6.04. The molecule has 0 fully saturated rings. The number of nitrogens with two attached hydrogens (primary N) is 1. The van der Waals surface area contributed by atoms with E-state index in [0.29, 0.717) is 12.5 Å². The average molecular weight is 170 g/mol. The number of hydrogen-bond acceptors (Lipinski definition) is 3. The van der Waals surface area contributed by atoms with Crippen molar-refractivity contribution < 1.29 is 4.79 Å². The molecule has 0 aromatic heterocycles. The van der Waals surface area contributed by atoms with Crippen LogP contribution in [0.1, 0.15) is 26.7 Å². The van der Waals surface area contributed by atoms with Gasteiger partial charge in [-0.15, -0.1) is 0 Å². The van der Waals surface area contributed by atoms with Crippen molar-refractivity contribution in [1.29, 1.82) is 0 Å². The number of hydrogen-bond donors (Lipinski definition) is 1. The second-order valence-electron chi connectivity index (χ2n) is 3.18. The summed E-state index contributed by atoms with van der Waals surface area (Å²) in [6, 6.07) is -0.184. The fourth-order valence-electron chi connectivity index (χ4n) is 0.787. The van der Waals surface area contributed by atoms with Crippen LogP contribution in [0.25, 0.3) is 0 Å². The minimum absolute atomic E-state index is 0.184. The van der Waals surface area contributed by atoms with Crippen molar-refractivity contribution in [3.8, 4) is 0 Å². The van der Waals surface area contributed by atoms with E-state index < -0.39 is 0 Å². The Morgan fingerprint density at radius 1 is 1.50 bits per heavy atom. The van der Waals surface area contributed by atoms with E-state index in [2.05, 4.69) is 4.99 Å². The van der Waals surface area contributed by atoms with E-state index in [4.69, 9.17) is 5.73 Å². The molecule has 0 bridgehead atoms.